The van der Waals surface area contributed by atoms with Crippen LogP contribution in [0.1, 0.15) is 11.5 Å². The van der Waals surface area contributed by atoms with E-state index in [1.54, 1.807) is 6.07 Å². The Morgan fingerprint density at radius 2 is 1.85 bits per heavy atom. The molecular formula is C17H13F3N2O4S. The zero-order valence-corrected chi connectivity index (χ0v) is 14.7. The number of rotatable bonds is 5. The largest absolute Gasteiger partial charge is 0.484 e. The van der Waals surface area contributed by atoms with Gasteiger partial charge in [-0.15, -0.1) is 0 Å². The summed E-state index contributed by atoms with van der Waals surface area (Å²) in [4.78, 5) is 4.09. The zero-order chi connectivity index (χ0) is 19.7. The van der Waals surface area contributed by atoms with E-state index in [4.69, 9.17) is 9.26 Å². The van der Waals surface area contributed by atoms with Crippen molar-refractivity contribution in [2.24, 2.45) is 0 Å². The maximum atomic E-state index is 12.8. The summed E-state index contributed by atoms with van der Waals surface area (Å²) in [5, 5.41) is 3.65. The molecule has 6 nitrogen and oxygen atoms in total. The van der Waals surface area contributed by atoms with Gasteiger partial charge in [0.25, 0.3) is 5.89 Å². The number of aromatic nitrogens is 2. The lowest BCUT2D eigenvalue weighted by Gasteiger charge is -2.06. The molecule has 0 saturated heterocycles. The quantitative estimate of drug-likeness (QED) is 0.651. The van der Waals surface area contributed by atoms with Crippen molar-refractivity contribution in [2.75, 3.05) is 6.26 Å². The van der Waals surface area contributed by atoms with Crippen LogP contribution in [0.3, 0.4) is 0 Å². The Labute approximate surface area is 152 Å². The SMILES string of the molecule is CS(=O)(=O)c1cccc(OCc2nc(-c3cccc(C(F)(F)F)c3)no2)c1. The second-order valence-corrected chi connectivity index (χ2v) is 7.64. The van der Waals surface area contributed by atoms with E-state index in [1.807, 2.05) is 0 Å². The maximum absolute atomic E-state index is 12.8. The highest BCUT2D eigenvalue weighted by atomic mass is 32.2. The average molecular weight is 398 g/mol. The Bertz CT molecular complexity index is 1060. The van der Waals surface area contributed by atoms with Gasteiger partial charge < -0.3 is 9.26 Å². The lowest BCUT2D eigenvalue weighted by molar-refractivity contribution is -0.137. The average Bonchev–Trinajstić information content (AvgIpc) is 3.08. The Balaban J connectivity index is 1.74. The molecule has 3 rings (SSSR count). The number of benzene rings is 2. The molecule has 0 aliphatic rings. The fraction of sp³-hybridized carbons (Fsp3) is 0.176. The molecule has 142 valence electrons. The third-order valence-corrected chi connectivity index (χ3v) is 4.62. The molecule has 0 unspecified atom stereocenters. The molecule has 0 spiro atoms. The summed E-state index contributed by atoms with van der Waals surface area (Å²) in [6.07, 6.45) is -3.40. The van der Waals surface area contributed by atoms with E-state index in [0.717, 1.165) is 18.4 Å². The van der Waals surface area contributed by atoms with Crippen LogP contribution in [0.4, 0.5) is 13.2 Å². The Morgan fingerprint density at radius 3 is 2.56 bits per heavy atom. The number of hydrogen-bond acceptors (Lipinski definition) is 6. The Morgan fingerprint density at radius 1 is 1.11 bits per heavy atom. The first kappa shape index (κ1) is 18.9. The standard InChI is InChI=1S/C17H13F3N2O4S/c1-27(23,24)14-7-3-6-13(9-14)25-10-15-21-16(22-26-15)11-4-2-5-12(8-11)17(18,19)20/h2-9H,10H2,1H3. The second-order valence-electron chi connectivity index (χ2n) is 5.63. The summed E-state index contributed by atoms with van der Waals surface area (Å²) in [6.45, 7) is -0.167. The normalized spacial score (nSPS) is 12.1. The van der Waals surface area contributed by atoms with E-state index in [9.17, 15) is 21.6 Å². The minimum absolute atomic E-state index is 0.00964. The van der Waals surface area contributed by atoms with Gasteiger partial charge in [0.05, 0.1) is 10.5 Å². The molecule has 10 heteroatoms. The van der Waals surface area contributed by atoms with Crippen LogP contribution in [-0.2, 0) is 22.6 Å². The molecule has 0 aliphatic heterocycles. The number of nitrogens with zero attached hydrogens (tertiary/aromatic N) is 2. The van der Waals surface area contributed by atoms with Crippen molar-refractivity contribution in [1.29, 1.82) is 0 Å². The van der Waals surface area contributed by atoms with Gasteiger partial charge in [-0.25, -0.2) is 8.42 Å². The zero-order valence-electron chi connectivity index (χ0n) is 13.9. The fourth-order valence-electron chi connectivity index (χ4n) is 2.21. The minimum Gasteiger partial charge on any atom is -0.484 e. The third-order valence-electron chi connectivity index (χ3n) is 3.51. The summed E-state index contributed by atoms with van der Waals surface area (Å²) < 4.78 is 71.8. The van der Waals surface area contributed by atoms with Gasteiger partial charge in [0.2, 0.25) is 5.82 Å². The van der Waals surface area contributed by atoms with Crippen molar-refractivity contribution in [3.8, 4) is 17.1 Å². The number of hydrogen-bond donors (Lipinski definition) is 0. The van der Waals surface area contributed by atoms with Gasteiger partial charge in [-0.3, -0.25) is 0 Å². The topological polar surface area (TPSA) is 82.3 Å². The van der Waals surface area contributed by atoms with Crippen molar-refractivity contribution in [2.45, 2.75) is 17.7 Å². The lowest BCUT2D eigenvalue weighted by atomic mass is 10.1. The Hall–Kier alpha value is -2.88. The van der Waals surface area contributed by atoms with Crippen molar-refractivity contribution in [3.05, 3.63) is 60.0 Å². The van der Waals surface area contributed by atoms with Crippen LogP contribution < -0.4 is 4.74 Å². The molecule has 0 aliphatic carbocycles. The molecule has 0 N–H and O–H groups in total. The van der Waals surface area contributed by atoms with E-state index >= 15 is 0 Å². The minimum atomic E-state index is -4.48. The lowest BCUT2D eigenvalue weighted by Crippen LogP contribution is -2.04. The second kappa shape index (κ2) is 7.03. The molecule has 0 atom stereocenters. The fourth-order valence-corrected chi connectivity index (χ4v) is 2.86. The number of alkyl halides is 3. The van der Waals surface area contributed by atoms with Gasteiger partial charge in [0.15, 0.2) is 16.4 Å². The first-order valence-corrected chi connectivity index (χ1v) is 9.45. The highest BCUT2D eigenvalue weighted by molar-refractivity contribution is 7.90. The molecule has 3 aromatic rings. The van der Waals surface area contributed by atoms with Crippen LogP contribution in [0.2, 0.25) is 0 Å². The number of ether oxygens (including phenoxy) is 1. The summed E-state index contributed by atoms with van der Waals surface area (Å²) in [5.41, 5.74) is -0.668. The first-order valence-electron chi connectivity index (χ1n) is 7.56. The van der Waals surface area contributed by atoms with Gasteiger partial charge in [0, 0.05) is 11.8 Å². The molecule has 27 heavy (non-hydrogen) atoms. The van der Waals surface area contributed by atoms with Gasteiger partial charge in [0.1, 0.15) is 5.75 Å². The number of sulfone groups is 1. The van der Waals surface area contributed by atoms with Crippen LogP contribution in [0.15, 0.2) is 57.9 Å². The first-order chi connectivity index (χ1) is 12.6. The summed E-state index contributed by atoms with van der Waals surface area (Å²) in [5.74, 6) is 0.300. The van der Waals surface area contributed by atoms with E-state index in [1.165, 1.54) is 30.3 Å². The van der Waals surface area contributed by atoms with Crippen LogP contribution in [0.25, 0.3) is 11.4 Å². The van der Waals surface area contributed by atoms with Crippen molar-refractivity contribution in [1.82, 2.24) is 10.1 Å². The van der Waals surface area contributed by atoms with Gasteiger partial charge >= 0.3 is 6.18 Å². The van der Waals surface area contributed by atoms with E-state index < -0.39 is 21.6 Å². The molecule has 1 aromatic heterocycles. The molecule has 0 fully saturated rings. The molecule has 0 amide bonds. The van der Waals surface area contributed by atoms with Gasteiger partial charge in [-0.1, -0.05) is 23.4 Å². The highest BCUT2D eigenvalue weighted by Gasteiger charge is 2.30. The molecule has 0 radical (unpaired) electrons. The predicted octanol–water partition coefficient (Wildman–Crippen LogP) is 3.74. The molecule has 0 saturated carbocycles. The summed E-state index contributed by atoms with van der Waals surface area (Å²) >= 11 is 0. The summed E-state index contributed by atoms with van der Waals surface area (Å²) in [7, 11) is -3.38. The van der Waals surface area contributed by atoms with Crippen molar-refractivity contribution in [3.63, 3.8) is 0 Å². The van der Waals surface area contributed by atoms with Crippen LogP contribution in [0.5, 0.6) is 5.75 Å². The monoisotopic (exact) mass is 398 g/mol. The highest BCUT2D eigenvalue weighted by Crippen LogP contribution is 2.31. The van der Waals surface area contributed by atoms with Crippen molar-refractivity contribution < 1.29 is 30.8 Å². The van der Waals surface area contributed by atoms with E-state index in [0.29, 0.717) is 0 Å². The maximum Gasteiger partial charge on any atom is 0.416 e. The van der Waals surface area contributed by atoms with E-state index in [-0.39, 0.29) is 34.5 Å². The molecule has 2 aromatic carbocycles. The van der Waals surface area contributed by atoms with Gasteiger partial charge in [-0.05, 0) is 30.3 Å². The molecular weight excluding hydrogens is 385 g/mol. The molecule has 0 bridgehead atoms. The predicted molar refractivity (Wildman–Crippen MR) is 88.6 cm³/mol. The smallest absolute Gasteiger partial charge is 0.416 e. The van der Waals surface area contributed by atoms with Crippen LogP contribution in [-0.4, -0.2) is 24.8 Å². The van der Waals surface area contributed by atoms with Crippen molar-refractivity contribution >= 4 is 9.84 Å². The van der Waals surface area contributed by atoms with Gasteiger partial charge in [-0.2, -0.15) is 18.2 Å². The Kier molecular flexibility index (Phi) is 4.92. The third kappa shape index (κ3) is 4.64. The summed E-state index contributed by atoms with van der Waals surface area (Å²) in [6, 6.07) is 10.4. The number of halogens is 3. The van der Waals surface area contributed by atoms with Crippen LogP contribution >= 0.6 is 0 Å². The molecule has 1 heterocycles. The van der Waals surface area contributed by atoms with E-state index in [2.05, 4.69) is 10.1 Å². The van der Waals surface area contributed by atoms with Crippen LogP contribution in [0, 0.1) is 0 Å².